The Bertz CT molecular complexity index is 1510. The molecular formula is C24H25ClFN7O4. The number of nitrogen functional groups attached to an aromatic ring is 1. The van der Waals surface area contributed by atoms with E-state index < -0.39 is 36.1 Å². The average Bonchev–Trinajstić information content (AvgIpc) is 3.55. The Morgan fingerprint density at radius 2 is 1.86 bits per heavy atom. The van der Waals surface area contributed by atoms with Crippen LogP contribution in [0.2, 0.25) is 5.02 Å². The summed E-state index contributed by atoms with van der Waals surface area (Å²) in [5, 5.41) is 8.69. The van der Waals surface area contributed by atoms with Crippen LogP contribution in [0.5, 0.6) is 0 Å². The molecule has 0 radical (unpaired) electrons. The molecule has 2 aliphatic rings. The van der Waals surface area contributed by atoms with E-state index in [1.165, 1.54) is 18.5 Å². The minimum atomic E-state index is -0.884. The Hall–Kier alpha value is -3.19. The first-order valence-electron chi connectivity index (χ1n) is 11.7. The molecule has 3 aromatic heterocycles. The zero-order valence-corrected chi connectivity index (χ0v) is 21.5. The van der Waals surface area contributed by atoms with Gasteiger partial charge in [-0.15, -0.1) is 10.2 Å². The second-order valence-corrected chi connectivity index (χ2v) is 11.0. The van der Waals surface area contributed by atoms with Gasteiger partial charge < -0.3 is 24.4 Å². The Balaban J connectivity index is 1.43. The van der Waals surface area contributed by atoms with E-state index in [9.17, 15) is 4.39 Å². The smallest absolute Gasteiger partial charge is 0.248 e. The summed E-state index contributed by atoms with van der Waals surface area (Å²) in [5.74, 6) is -0.518. The highest BCUT2D eigenvalue weighted by Gasteiger charge is 2.58. The summed E-state index contributed by atoms with van der Waals surface area (Å²) in [7, 11) is 0. The van der Waals surface area contributed by atoms with Gasteiger partial charge in [0, 0.05) is 10.4 Å². The molecule has 0 aliphatic carbocycles. The number of fused-ring (bicyclic) bond motifs is 2. The lowest BCUT2D eigenvalue weighted by molar-refractivity contribution is -0.199. The van der Waals surface area contributed by atoms with Gasteiger partial charge in [-0.05, 0) is 32.0 Å². The molecular weight excluding hydrogens is 505 g/mol. The number of imidazole rings is 1. The second kappa shape index (κ2) is 8.15. The summed E-state index contributed by atoms with van der Waals surface area (Å²) in [6.45, 7) is 9.58. The maximum atomic E-state index is 14.7. The van der Waals surface area contributed by atoms with Crippen LogP contribution in [0.3, 0.4) is 0 Å². The van der Waals surface area contributed by atoms with E-state index in [2.05, 4.69) is 25.1 Å². The fourth-order valence-electron chi connectivity index (χ4n) is 4.57. The third-order valence-electron chi connectivity index (χ3n) is 6.25. The second-order valence-electron chi connectivity index (χ2n) is 10.6. The number of aromatic nitrogens is 6. The number of benzene rings is 1. The molecule has 37 heavy (non-hydrogen) atoms. The van der Waals surface area contributed by atoms with Gasteiger partial charge in [0.25, 0.3) is 0 Å². The zero-order chi connectivity index (χ0) is 26.3. The molecule has 6 rings (SSSR count). The molecule has 2 aliphatic heterocycles. The largest absolute Gasteiger partial charge is 0.422 e. The van der Waals surface area contributed by atoms with Crippen LogP contribution in [0.4, 0.5) is 10.2 Å². The number of hydrogen-bond acceptors (Lipinski definition) is 10. The monoisotopic (exact) mass is 529 g/mol. The predicted octanol–water partition coefficient (Wildman–Crippen LogP) is 4.34. The number of ether oxygens (including phenoxy) is 3. The van der Waals surface area contributed by atoms with E-state index in [1.807, 2.05) is 34.6 Å². The van der Waals surface area contributed by atoms with E-state index in [4.69, 9.17) is 36.0 Å². The molecule has 2 N–H and O–H groups in total. The SMILES string of the molecule is CC1(C)O[C@@H]2[C@@H](O1)[C@H](n1cnc3c(N)nc(-c4ccc(Cl)cc4F)nc31)O[C@@H]2c1nnc(C(C)(C)C)o1. The molecule has 2 fully saturated rings. The minimum Gasteiger partial charge on any atom is -0.422 e. The van der Waals surface area contributed by atoms with E-state index in [1.54, 1.807) is 10.6 Å². The quantitative estimate of drug-likeness (QED) is 0.408. The number of nitrogens with zero attached hydrogens (tertiary/aromatic N) is 6. The maximum absolute atomic E-state index is 14.7. The first kappa shape index (κ1) is 24.2. The van der Waals surface area contributed by atoms with Gasteiger partial charge in [0.15, 0.2) is 35.4 Å². The fourth-order valence-corrected chi connectivity index (χ4v) is 4.73. The third-order valence-corrected chi connectivity index (χ3v) is 6.48. The van der Waals surface area contributed by atoms with Crippen molar-refractivity contribution in [1.82, 2.24) is 29.7 Å². The van der Waals surface area contributed by atoms with Gasteiger partial charge in [-0.2, -0.15) is 0 Å². The van der Waals surface area contributed by atoms with Gasteiger partial charge in [0.05, 0.1) is 11.9 Å². The highest BCUT2D eigenvalue weighted by Crippen LogP contribution is 2.49. The molecule has 13 heteroatoms. The number of rotatable bonds is 3. The van der Waals surface area contributed by atoms with Crippen molar-refractivity contribution in [3.8, 4) is 11.4 Å². The fraction of sp³-hybridized carbons (Fsp3) is 0.458. The van der Waals surface area contributed by atoms with Crippen LogP contribution in [-0.4, -0.2) is 47.7 Å². The molecule has 0 spiro atoms. The lowest BCUT2D eigenvalue weighted by Crippen LogP contribution is -2.27. The number of halogens is 2. The van der Waals surface area contributed by atoms with Gasteiger partial charge in [-0.1, -0.05) is 32.4 Å². The zero-order valence-electron chi connectivity index (χ0n) is 20.8. The summed E-state index contributed by atoms with van der Waals surface area (Å²) in [5.41, 5.74) is 6.69. The highest BCUT2D eigenvalue weighted by atomic mass is 35.5. The van der Waals surface area contributed by atoms with Crippen molar-refractivity contribution in [2.75, 3.05) is 5.73 Å². The standard InChI is InChI=1S/C24H25ClFN7O4/c1-23(2,3)22-32-31-20(35-22)15-14-16(37-24(4,5)36-14)21(34-15)33-9-28-13-17(27)29-18(30-19(13)33)11-7-6-10(25)8-12(11)26/h6-9,14-16,21H,1-5H3,(H2,27,29,30)/t14-,15-,16+,21+/m0/s1. The third kappa shape index (κ3) is 4.04. The number of nitrogens with two attached hydrogens (primary N) is 1. The van der Waals surface area contributed by atoms with Gasteiger partial charge in [-0.25, -0.2) is 19.3 Å². The van der Waals surface area contributed by atoms with Crippen molar-refractivity contribution < 1.29 is 23.0 Å². The molecule has 5 heterocycles. The summed E-state index contributed by atoms with van der Waals surface area (Å²) >= 11 is 5.91. The summed E-state index contributed by atoms with van der Waals surface area (Å²) in [6, 6.07) is 4.24. The van der Waals surface area contributed by atoms with E-state index in [0.717, 1.165) is 0 Å². The number of anilines is 1. The average molecular weight is 530 g/mol. The molecule has 1 aromatic carbocycles. The Kier molecular flexibility index (Phi) is 5.33. The first-order chi connectivity index (χ1) is 17.4. The molecule has 0 saturated carbocycles. The van der Waals surface area contributed by atoms with Crippen molar-refractivity contribution in [3.05, 3.63) is 47.1 Å². The summed E-state index contributed by atoms with van der Waals surface area (Å²) in [4.78, 5) is 13.2. The molecule has 0 unspecified atom stereocenters. The molecule has 194 valence electrons. The molecule has 0 bridgehead atoms. The maximum Gasteiger partial charge on any atom is 0.248 e. The van der Waals surface area contributed by atoms with Crippen LogP contribution < -0.4 is 5.73 Å². The van der Waals surface area contributed by atoms with E-state index in [0.29, 0.717) is 17.1 Å². The van der Waals surface area contributed by atoms with Crippen molar-refractivity contribution in [2.24, 2.45) is 0 Å². The van der Waals surface area contributed by atoms with Gasteiger partial charge in [-0.3, -0.25) is 4.57 Å². The molecule has 11 nitrogen and oxygen atoms in total. The van der Waals surface area contributed by atoms with E-state index in [-0.39, 0.29) is 33.5 Å². The van der Waals surface area contributed by atoms with Crippen LogP contribution in [0.15, 0.2) is 28.9 Å². The van der Waals surface area contributed by atoms with Gasteiger partial charge >= 0.3 is 0 Å². The molecule has 0 amide bonds. The Morgan fingerprint density at radius 3 is 2.57 bits per heavy atom. The topological polar surface area (TPSA) is 136 Å². The van der Waals surface area contributed by atoms with Gasteiger partial charge in [0.1, 0.15) is 23.5 Å². The molecule has 2 saturated heterocycles. The van der Waals surface area contributed by atoms with Crippen molar-refractivity contribution >= 4 is 28.6 Å². The van der Waals surface area contributed by atoms with Crippen molar-refractivity contribution in [1.29, 1.82) is 0 Å². The van der Waals surface area contributed by atoms with Crippen LogP contribution in [-0.2, 0) is 19.6 Å². The summed E-state index contributed by atoms with van der Waals surface area (Å²) < 4.78 is 41.1. The Morgan fingerprint density at radius 1 is 1.11 bits per heavy atom. The van der Waals surface area contributed by atoms with Crippen molar-refractivity contribution in [3.63, 3.8) is 0 Å². The minimum absolute atomic E-state index is 0.0858. The lowest BCUT2D eigenvalue weighted by Gasteiger charge is -2.24. The Labute approximate surface area is 216 Å². The summed E-state index contributed by atoms with van der Waals surface area (Å²) in [6.07, 6.45) is -1.01. The van der Waals surface area contributed by atoms with Crippen LogP contribution >= 0.6 is 11.6 Å². The normalized spacial score (nSPS) is 25.2. The van der Waals surface area contributed by atoms with Crippen LogP contribution in [0.1, 0.15) is 58.7 Å². The lowest BCUT2D eigenvalue weighted by atomic mass is 9.97. The number of hydrogen-bond donors (Lipinski definition) is 1. The van der Waals surface area contributed by atoms with Gasteiger partial charge in [0.2, 0.25) is 11.8 Å². The highest BCUT2D eigenvalue weighted by molar-refractivity contribution is 6.30. The van der Waals surface area contributed by atoms with Crippen LogP contribution in [0.25, 0.3) is 22.6 Å². The van der Waals surface area contributed by atoms with E-state index >= 15 is 0 Å². The first-order valence-corrected chi connectivity index (χ1v) is 12.1. The van der Waals surface area contributed by atoms with Crippen LogP contribution in [0, 0.1) is 5.82 Å². The molecule has 4 aromatic rings. The van der Waals surface area contributed by atoms with Crippen molar-refractivity contribution in [2.45, 2.75) is 70.4 Å². The predicted molar refractivity (Wildman–Crippen MR) is 130 cm³/mol. The molecule has 4 atom stereocenters.